The summed E-state index contributed by atoms with van der Waals surface area (Å²) >= 11 is 13.4. The molecular weight excluding hydrogens is 627 g/mol. The summed E-state index contributed by atoms with van der Waals surface area (Å²) in [6, 6.07) is 1.62. The van der Waals surface area contributed by atoms with Crippen LogP contribution < -0.4 is 14.4 Å². The standard InChI is InChI=1S/C31H31Cl2F2N7O3/c32-18-9-19-21(27(33)40-39-19)22(20(18)15-3-4-15)25-24(35)26-23-28(42-7-2-8-43-12-17(42)13-44-29(23)36-25)38-30(37-26)45-14-31-5-1-6-41(31)11-16(34)10-31/h9,15-17H,1-8,10-14H2,(H,39,40)/t16-,17+,31+/m1/s1. The minimum absolute atomic E-state index is 0.0332. The van der Waals surface area contributed by atoms with Crippen LogP contribution in [-0.4, -0.2) is 93.9 Å². The van der Waals surface area contributed by atoms with Gasteiger partial charge in [-0.2, -0.15) is 15.1 Å². The van der Waals surface area contributed by atoms with Gasteiger partial charge in [-0.15, -0.1) is 0 Å². The van der Waals surface area contributed by atoms with Crippen LogP contribution in [0.5, 0.6) is 11.9 Å². The Labute approximate surface area is 267 Å². The number of aromatic nitrogens is 5. The topological polar surface area (TPSA) is 102 Å². The van der Waals surface area contributed by atoms with Crippen molar-refractivity contribution in [2.45, 2.75) is 62.2 Å². The van der Waals surface area contributed by atoms with E-state index in [1.165, 1.54) is 0 Å². The number of rotatable bonds is 5. The zero-order valence-corrected chi connectivity index (χ0v) is 25.9. The van der Waals surface area contributed by atoms with E-state index < -0.39 is 17.5 Å². The van der Waals surface area contributed by atoms with Crippen LogP contribution >= 0.6 is 23.2 Å². The zero-order valence-electron chi connectivity index (χ0n) is 24.4. The lowest BCUT2D eigenvalue weighted by Crippen LogP contribution is -2.43. The first kappa shape index (κ1) is 28.2. The molecule has 1 N–H and O–H groups in total. The molecule has 5 aliphatic rings. The maximum absolute atomic E-state index is 17.2. The minimum atomic E-state index is -0.898. The second-order valence-electron chi connectivity index (χ2n) is 12.9. The van der Waals surface area contributed by atoms with Gasteiger partial charge in [0.05, 0.1) is 23.7 Å². The molecule has 1 aromatic carbocycles. The van der Waals surface area contributed by atoms with E-state index in [0.717, 1.165) is 44.2 Å². The Hall–Kier alpha value is -3.06. The van der Waals surface area contributed by atoms with Crippen LogP contribution in [0, 0.1) is 5.82 Å². The van der Waals surface area contributed by atoms with Crippen molar-refractivity contribution in [1.82, 2.24) is 30.0 Å². The van der Waals surface area contributed by atoms with Crippen LogP contribution in [0.1, 0.15) is 50.0 Å². The Kier molecular flexibility index (Phi) is 6.56. The average molecular weight is 659 g/mol. The quantitative estimate of drug-likeness (QED) is 0.284. The number of anilines is 1. The van der Waals surface area contributed by atoms with Crippen molar-refractivity contribution >= 4 is 50.8 Å². The molecule has 0 bridgehead atoms. The molecule has 10 nitrogen and oxygen atoms in total. The largest absolute Gasteiger partial charge is 0.475 e. The number of ether oxygens (including phenoxy) is 3. The van der Waals surface area contributed by atoms with Crippen LogP contribution in [0.2, 0.25) is 10.2 Å². The number of halogens is 4. The highest BCUT2D eigenvalue weighted by Gasteiger charge is 2.49. The Morgan fingerprint density at radius 2 is 2.00 bits per heavy atom. The van der Waals surface area contributed by atoms with Crippen LogP contribution in [0.25, 0.3) is 33.1 Å². The summed E-state index contributed by atoms with van der Waals surface area (Å²) in [5.41, 5.74) is 1.45. The predicted molar refractivity (Wildman–Crippen MR) is 165 cm³/mol. The molecule has 4 aromatic rings. The van der Waals surface area contributed by atoms with E-state index in [2.05, 4.69) is 25.0 Å². The lowest BCUT2D eigenvalue weighted by Gasteiger charge is -2.31. The molecular formula is C31H31Cl2F2N7O3. The third-order valence-corrected chi connectivity index (χ3v) is 10.7. The van der Waals surface area contributed by atoms with Gasteiger partial charge < -0.3 is 19.1 Å². The number of alkyl halides is 1. The molecule has 0 radical (unpaired) electrons. The van der Waals surface area contributed by atoms with Crippen molar-refractivity contribution in [3.05, 3.63) is 27.6 Å². The second-order valence-corrected chi connectivity index (χ2v) is 13.7. The normalized spacial score (nSPS) is 26.5. The first-order valence-corrected chi connectivity index (χ1v) is 16.4. The van der Waals surface area contributed by atoms with Gasteiger partial charge in [0.2, 0.25) is 5.88 Å². The highest BCUT2D eigenvalue weighted by Crippen LogP contribution is 2.52. The van der Waals surface area contributed by atoms with Crippen molar-refractivity contribution in [2.75, 3.05) is 51.0 Å². The van der Waals surface area contributed by atoms with Gasteiger partial charge in [-0.05, 0) is 56.2 Å². The van der Waals surface area contributed by atoms with E-state index in [9.17, 15) is 4.39 Å². The molecule has 0 unspecified atom stereocenters. The molecule has 14 heteroatoms. The molecule has 4 fully saturated rings. The molecule has 236 valence electrons. The monoisotopic (exact) mass is 657 g/mol. The van der Waals surface area contributed by atoms with Gasteiger partial charge in [0.1, 0.15) is 47.0 Å². The van der Waals surface area contributed by atoms with Crippen LogP contribution in [0.15, 0.2) is 6.07 Å². The Balaban J connectivity index is 1.25. The summed E-state index contributed by atoms with van der Waals surface area (Å²) in [6.45, 7) is 3.39. The number of pyridine rings is 1. The van der Waals surface area contributed by atoms with Crippen molar-refractivity contribution in [3.8, 4) is 23.1 Å². The molecule has 1 aliphatic carbocycles. The number of hydrogen-bond acceptors (Lipinski definition) is 9. The summed E-state index contributed by atoms with van der Waals surface area (Å²) in [7, 11) is 0. The van der Waals surface area contributed by atoms with Crippen molar-refractivity contribution in [3.63, 3.8) is 0 Å². The van der Waals surface area contributed by atoms with Gasteiger partial charge in [0, 0.05) is 42.1 Å². The van der Waals surface area contributed by atoms with E-state index in [4.69, 9.17) is 47.4 Å². The molecule has 9 rings (SSSR count). The average Bonchev–Trinajstić information content (AvgIpc) is 3.69. The number of H-pyrrole nitrogens is 1. The fourth-order valence-corrected chi connectivity index (χ4v) is 8.44. The lowest BCUT2D eigenvalue weighted by atomic mass is 9.95. The van der Waals surface area contributed by atoms with E-state index in [1.807, 2.05) is 0 Å². The van der Waals surface area contributed by atoms with E-state index in [-0.39, 0.29) is 53.4 Å². The van der Waals surface area contributed by atoms with Crippen molar-refractivity contribution in [1.29, 1.82) is 0 Å². The summed E-state index contributed by atoms with van der Waals surface area (Å²) in [5.74, 6) is 0.214. The molecule has 7 heterocycles. The summed E-state index contributed by atoms with van der Waals surface area (Å²) in [4.78, 5) is 18.6. The summed E-state index contributed by atoms with van der Waals surface area (Å²) in [6.07, 6.45) is 3.93. The molecule has 4 aliphatic heterocycles. The van der Waals surface area contributed by atoms with Gasteiger partial charge in [-0.25, -0.2) is 13.8 Å². The van der Waals surface area contributed by atoms with E-state index >= 15 is 4.39 Å². The third kappa shape index (κ3) is 4.46. The Morgan fingerprint density at radius 3 is 2.87 bits per heavy atom. The number of nitrogens with one attached hydrogen (secondary N) is 1. The number of aromatic amines is 1. The summed E-state index contributed by atoms with van der Waals surface area (Å²) < 4.78 is 50.2. The Bertz CT molecular complexity index is 1860. The second kappa shape index (κ2) is 10.5. The molecule has 1 saturated carbocycles. The van der Waals surface area contributed by atoms with Gasteiger partial charge in [0.15, 0.2) is 5.82 Å². The van der Waals surface area contributed by atoms with E-state index in [0.29, 0.717) is 65.4 Å². The number of fused-ring (bicyclic) bond motifs is 4. The van der Waals surface area contributed by atoms with Crippen LogP contribution in [-0.2, 0) is 4.74 Å². The highest BCUT2D eigenvalue weighted by atomic mass is 35.5. The first-order valence-electron chi connectivity index (χ1n) is 15.7. The first-order chi connectivity index (χ1) is 21.9. The SMILES string of the molecule is Fc1c(-c2c(C3CC3)c(Cl)cc3n[nH]c(Cl)c23)nc2c3c(nc(OC[C@@]45CCCN4C[C@H](F)C5)nc13)N1CCCOC[C@H]1CO2. The van der Waals surface area contributed by atoms with Gasteiger partial charge in [-0.1, -0.05) is 23.2 Å². The van der Waals surface area contributed by atoms with E-state index in [1.54, 1.807) is 6.07 Å². The lowest BCUT2D eigenvalue weighted by molar-refractivity contribution is 0.107. The molecule has 3 saturated heterocycles. The van der Waals surface area contributed by atoms with Crippen molar-refractivity contribution < 1.29 is 23.0 Å². The number of nitrogens with zero attached hydrogens (tertiary/aromatic N) is 6. The van der Waals surface area contributed by atoms with Gasteiger partial charge >= 0.3 is 6.01 Å². The minimum Gasteiger partial charge on any atom is -0.475 e. The highest BCUT2D eigenvalue weighted by molar-refractivity contribution is 6.37. The molecule has 3 atom stereocenters. The number of benzene rings is 1. The zero-order chi connectivity index (χ0) is 30.4. The maximum atomic E-state index is 17.2. The third-order valence-electron chi connectivity index (χ3n) is 10.1. The van der Waals surface area contributed by atoms with Crippen LogP contribution in [0.3, 0.4) is 0 Å². The number of hydrogen-bond donors (Lipinski definition) is 1. The van der Waals surface area contributed by atoms with Gasteiger partial charge in [-0.3, -0.25) is 10.00 Å². The molecule has 45 heavy (non-hydrogen) atoms. The smallest absolute Gasteiger partial charge is 0.319 e. The van der Waals surface area contributed by atoms with Crippen LogP contribution in [0.4, 0.5) is 14.6 Å². The molecule has 0 spiro atoms. The van der Waals surface area contributed by atoms with Gasteiger partial charge in [0.25, 0.3) is 0 Å². The predicted octanol–water partition coefficient (Wildman–Crippen LogP) is 5.83. The Morgan fingerprint density at radius 1 is 1.11 bits per heavy atom. The molecule has 3 aromatic heterocycles. The molecule has 0 amide bonds. The maximum Gasteiger partial charge on any atom is 0.319 e. The fraction of sp³-hybridized carbons (Fsp3) is 0.548. The fourth-order valence-electron chi connectivity index (χ4n) is 7.86. The summed E-state index contributed by atoms with van der Waals surface area (Å²) in [5, 5.41) is 8.79. The van der Waals surface area contributed by atoms with Crippen molar-refractivity contribution in [2.24, 2.45) is 0 Å².